The Morgan fingerprint density at radius 1 is 1.21 bits per heavy atom. The van der Waals surface area contributed by atoms with Gasteiger partial charge in [-0.2, -0.15) is 0 Å². The topological polar surface area (TPSA) is 64.3 Å². The molecule has 0 spiro atoms. The van der Waals surface area contributed by atoms with Crippen LogP contribution in [-0.2, 0) is 4.79 Å². The van der Waals surface area contributed by atoms with Gasteiger partial charge in [-0.05, 0) is 42.8 Å². The van der Waals surface area contributed by atoms with E-state index in [-0.39, 0.29) is 5.91 Å². The lowest BCUT2D eigenvalue weighted by Crippen LogP contribution is -2.05. The van der Waals surface area contributed by atoms with E-state index in [1.165, 1.54) is 6.92 Å². The average molecular weight is 256 g/mol. The van der Waals surface area contributed by atoms with Gasteiger partial charge in [-0.25, -0.2) is 0 Å². The number of anilines is 2. The predicted octanol–water partition coefficient (Wildman–Crippen LogP) is 3.33. The fraction of sp³-hybridized carbons (Fsp3) is 0.133. The molecule has 19 heavy (non-hydrogen) atoms. The minimum absolute atomic E-state index is 0.110. The Morgan fingerprint density at radius 3 is 2.68 bits per heavy atom. The summed E-state index contributed by atoms with van der Waals surface area (Å²) in [4.78, 5) is 11.0. The van der Waals surface area contributed by atoms with Crippen LogP contribution in [0.4, 0.5) is 11.4 Å². The molecule has 98 valence electrons. The second kappa shape index (κ2) is 5.44. The second-order valence-electron chi connectivity index (χ2n) is 4.34. The van der Waals surface area contributed by atoms with E-state index in [0.29, 0.717) is 17.1 Å². The standard InChI is InChI=1S/C15H16N2O2/c1-10-8-12(16)6-7-15(10)19-14-5-3-4-13(9-14)17-11(2)18/h3-9H,16H2,1-2H3,(H,17,18). The van der Waals surface area contributed by atoms with Crippen LogP contribution in [0.1, 0.15) is 12.5 Å². The molecule has 0 aliphatic carbocycles. The molecule has 4 heteroatoms. The SMILES string of the molecule is CC(=O)Nc1cccc(Oc2ccc(N)cc2C)c1. The highest BCUT2D eigenvalue weighted by Crippen LogP contribution is 2.27. The summed E-state index contributed by atoms with van der Waals surface area (Å²) in [5.74, 6) is 1.30. The van der Waals surface area contributed by atoms with Gasteiger partial charge in [0.05, 0.1) is 0 Å². The lowest BCUT2D eigenvalue weighted by atomic mass is 10.2. The smallest absolute Gasteiger partial charge is 0.221 e. The van der Waals surface area contributed by atoms with Gasteiger partial charge in [0, 0.05) is 24.4 Å². The van der Waals surface area contributed by atoms with Crippen molar-refractivity contribution in [1.29, 1.82) is 0 Å². The van der Waals surface area contributed by atoms with Crippen LogP contribution in [0.25, 0.3) is 0 Å². The molecule has 0 saturated carbocycles. The maximum absolute atomic E-state index is 11.0. The van der Waals surface area contributed by atoms with Gasteiger partial charge in [-0.3, -0.25) is 4.79 Å². The fourth-order valence-electron chi connectivity index (χ4n) is 1.75. The van der Waals surface area contributed by atoms with Crippen LogP contribution in [0.5, 0.6) is 11.5 Å². The van der Waals surface area contributed by atoms with Crippen molar-refractivity contribution in [3.05, 3.63) is 48.0 Å². The Bertz CT molecular complexity index is 609. The van der Waals surface area contributed by atoms with Gasteiger partial charge in [0.15, 0.2) is 0 Å². The molecule has 0 unspecified atom stereocenters. The van der Waals surface area contributed by atoms with Crippen LogP contribution in [0.2, 0.25) is 0 Å². The van der Waals surface area contributed by atoms with Crippen LogP contribution < -0.4 is 15.8 Å². The number of hydrogen-bond donors (Lipinski definition) is 2. The number of ether oxygens (including phenoxy) is 1. The van der Waals surface area contributed by atoms with Gasteiger partial charge in [-0.1, -0.05) is 6.07 Å². The number of nitrogen functional groups attached to an aromatic ring is 1. The van der Waals surface area contributed by atoms with Crippen LogP contribution in [-0.4, -0.2) is 5.91 Å². The Morgan fingerprint density at radius 2 is 2.00 bits per heavy atom. The molecule has 0 aliphatic rings. The third-order valence-electron chi connectivity index (χ3n) is 2.58. The summed E-state index contributed by atoms with van der Waals surface area (Å²) in [6, 6.07) is 12.7. The van der Waals surface area contributed by atoms with E-state index in [4.69, 9.17) is 10.5 Å². The summed E-state index contributed by atoms with van der Waals surface area (Å²) in [6.07, 6.45) is 0. The van der Waals surface area contributed by atoms with Crippen molar-refractivity contribution in [3.8, 4) is 11.5 Å². The maximum Gasteiger partial charge on any atom is 0.221 e. The van der Waals surface area contributed by atoms with Gasteiger partial charge in [0.1, 0.15) is 11.5 Å². The lowest BCUT2D eigenvalue weighted by Gasteiger charge is -2.10. The molecular weight excluding hydrogens is 240 g/mol. The van der Waals surface area contributed by atoms with E-state index in [9.17, 15) is 4.79 Å². The van der Waals surface area contributed by atoms with Gasteiger partial charge in [0.2, 0.25) is 5.91 Å². The van der Waals surface area contributed by atoms with Crippen molar-refractivity contribution in [2.45, 2.75) is 13.8 Å². The number of carbonyl (C=O) groups is 1. The quantitative estimate of drug-likeness (QED) is 0.828. The number of nitrogens with two attached hydrogens (primary N) is 1. The molecule has 0 heterocycles. The van der Waals surface area contributed by atoms with Gasteiger partial charge in [0.25, 0.3) is 0 Å². The minimum Gasteiger partial charge on any atom is -0.457 e. The third kappa shape index (κ3) is 3.48. The molecule has 0 radical (unpaired) electrons. The van der Waals surface area contributed by atoms with Gasteiger partial charge < -0.3 is 15.8 Å². The van der Waals surface area contributed by atoms with Crippen molar-refractivity contribution in [1.82, 2.24) is 0 Å². The first-order chi connectivity index (χ1) is 9.04. The van der Waals surface area contributed by atoms with Gasteiger partial charge >= 0.3 is 0 Å². The summed E-state index contributed by atoms with van der Waals surface area (Å²) >= 11 is 0. The van der Waals surface area contributed by atoms with E-state index in [2.05, 4.69) is 5.32 Å². The molecule has 2 rings (SSSR count). The highest BCUT2D eigenvalue weighted by Gasteiger charge is 2.03. The van der Waals surface area contributed by atoms with Crippen molar-refractivity contribution in [3.63, 3.8) is 0 Å². The average Bonchev–Trinajstić information content (AvgIpc) is 2.32. The number of benzene rings is 2. The van der Waals surface area contributed by atoms with Crippen molar-refractivity contribution in [2.24, 2.45) is 0 Å². The van der Waals surface area contributed by atoms with E-state index in [1.54, 1.807) is 12.1 Å². The molecule has 2 aromatic rings. The molecule has 0 fully saturated rings. The number of aryl methyl sites for hydroxylation is 1. The molecule has 0 aliphatic heterocycles. The molecule has 4 nitrogen and oxygen atoms in total. The zero-order valence-electron chi connectivity index (χ0n) is 10.9. The van der Waals surface area contributed by atoms with Gasteiger partial charge in [-0.15, -0.1) is 0 Å². The first-order valence-corrected chi connectivity index (χ1v) is 5.96. The molecule has 0 bridgehead atoms. The van der Waals surface area contributed by atoms with Crippen LogP contribution in [0, 0.1) is 6.92 Å². The maximum atomic E-state index is 11.0. The van der Waals surface area contributed by atoms with Crippen molar-refractivity contribution < 1.29 is 9.53 Å². The van der Waals surface area contributed by atoms with Crippen molar-refractivity contribution >= 4 is 17.3 Å². The summed E-state index contributed by atoms with van der Waals surface area (Å²) in [6.45, 7) is 3.40. The van der Waals surface area contributed by atoms with E-state index in [0.717, 1.165) is 11.3 Å². The first kappa shape index (κ1) is 13.0. The Balaban J connectivity index is 2.21. The highest BCUT2D eigenvalue weighted by molar-refractivity contribution is 5.88. The number of hydrogen-bond acceptors (Lipinski definition) is 3. The third-order valence-corrected chi connectivity index (χ3v) is 2.58. The summed E-state index contributed by atoms with van der Waals surface area (Å²) < 4.78 is 5.78. The summed E-state index contributed by atoms with van der Waals surface area (Å²) in [5, 5.41) is 2.72. The Kier molecular flexibility index (Phi) is 3.71. The van der Waals surface area contributed by atoms with Crippen molar-refractivity contribution in [2.75, 3.05) is 11.1 Å². The predicted molar refractivity (Wildman–Crippen MR) is 76.4 cm³/mol. The van der Waals surface area contributed by atoms with Crippen LogP contribution >= 0.6 is 0 Å². The summed E-state index contributed by atoms with van der Waals surface area (Å²) in [5.41, 5.74) is 8.07. The fourth-order valence-corrected chi connectivity index (χ4v) is 1.75. The Hall–Kier alpha value is -2.49. The first-order valence-electron chi connectivity index (χ1n) is 5.96. The van der Waals surface area contributed by atoms with Crippen LogP contribution in [0.3, 0.4) is 0 Å². The lowest BCUT2D eigenvalue weighted by molar-refractivity contribution is -0.114. The minimum atomic E-state index is -0.110. The molecule has 1 amide bonds. The van der Waals surface area contributed by atoms with E-state index in [1.807, 2.05) is 37.3 Å². The Labute approximate surface area is 112 Å². The number of rotatable bonds is 3. The monoisotopic (exact) mass is 256 g/mol. The number of carbonyl (C=O) groups excluding carboxylic acids is 1. The second-order valence-corrected chi connectivity index (χ2v) is 4.34. The largest absolute Gasteiger partial charge is 0.457 e. The summed E-state index contributed by atoms with van der Waals surface area (Å²) in [7, 11) is 0. The normalized spacial score (nSPS) is 10.0. The molecule has 3 N–H and O–H groups in total. The number of nitrogens with one attached hydrogen (secondary N) is 1. The number of amides is 1. The van der Waals surface area contributed by atoms with E-state index >= 15 is 0 Å². The molecule has 2 aromatic carbocycles. The molecular formula is C15H16N2O2. The van der Waals surface area contributed by atoms with E-state index < -0.39 is 0 Å². The molecule has 0 saturated heterocycles. The van der Waals surface area contributed by atoms with Crippen LogP contribution in [0.15, 0.2) is 42.5 Å². The highest BCUT2D eigenvalue weighted by atomic mass is 16.5. The molecule has 0 aromatic heterocycles. The molecule has 0 atom stereocenters. The zero-order chi connectivity index (χ0) is 13.8. The zero-order valence-corrected chi connectivity index (χ0v) is 10.9.